The van der Waals surface area contributed by atoms with Gasteiger partial charge in [-0.2, -0.15) is 0 Å². The van der Waals surface area contributed by atoms with Crippen LogP contribution in [0.15, 0.2) is 12.3 Å². The van der Waals surface area contributed by atoms with Gasteiger partial charge in [-0.1, -0.05) is 0 Å². The van der Waals surface area contributed by atoms with E-state index >= 15 is 0 Å². The van der Waals surface area contributed by atoms with E-state index in [1.54, 1.807) is 6.07 Å². The number of carbonyl (C=O) groups is 1. The molecule has 0 amide bonds. The Labute approximate surface area is 136 Å². The molecule has 0 atom stereocenters. The maximum atomic E-state index is 11.8. The van der Waals surface area contributed by atoms with Gasteiger partial charge in [0, 0.05) is 18.8 Å². The van der Waals surface area contributed by atoms with Gasteiger partial charge in [0.25, 0.3) is 0 Å². The van der Waals surface area contributed by atoms with Crippen molar-refractivity contribution in [2.45, 2.75) is 38.9 Å². The molecule has 1 aromatic heterocycles. The average molecular weight is 323 g/mol. The molecule has 1 fully saturated rings. The Balaban J connectivity index is 2.32. The van der Waals surface area contributed by atoms with Gasteiger partial charge in [0.1, 0.15) is 0 Å². The van der Waals surface area contributed by atoms with Crippen molar-refractivity contribution in [2.24, 2.45) is 0 Å². The topological polar surface area (TPSA) is 76.1 Å². The molecule has 0 aliphatic carbocycles. The molecule has 1 aliphatic heterocycles. The van der Waals surface area contributed by atoms with E-state index in [9.17, 15) is 4.79 Å². The lowest BCUT2D eigenvalue weighted by molar-refractivity contribution is 0.00578. The zero-order valence-corrected chi connectivity index (χ0v) is 14.3. The number of hydrogen-bond donors (Lipinski definition) is 0. The first-order valence-corrected chi connectivity index (χ1v) is 7.27. The summed E-state index contributed by atoms with van der Waals surface area (Å²) in [7, 11) is 2.18. The highest BCUT2D eigenvalue weighted by atomic mass is 16.7. The van der Waals surface area contributed by atoms with Crippen LogP contribution in [0.2, 0.25) is 0 Å². The second kappa shape index (κ2) is 6.47. The summed E-state index contributed by atoms with van der Waals surface area (Å²) in [6.45, 7) is 7.84. The Morgan fingerprint density at radius 2 is 1.83 bits per heavy atom. The summed E-state index contributed by atoms with van der Waals surface area (Å²) in [4.78, 5) is 15.9. The van der Waals surface area contributed by atoms with Crippen molar-refractivity contribution < 1.29 is 28.3 Å². The van der Waals surface area contributed by atoms with Crippen LogP contribution in [0.25, 0.3) is 0 Å². The van der Waals surface area contributed by atoms with E-state index in [-0.39, 0.29) is 18.2 Å². The molecule has 0 radical (unpaired) electrons. The zero-order chi connectivity index (χ0) is 17.3. The van der Waals surface area contributed by atoms with Crippen LogP contribution in [0.3, 0.4) is 0 Å². The van der Waals surface area contributed by atoms with Gasteiger partial charge in [-0.05, 0) is 33.8 Å². The monoisotopic (exact) mass is 323 g/mol. The third-order valence-corrected chi connectivity index (χ3v) is 4.11. The molecule has 2 rings (SSSR count). The summed E-state index contributed by atoms with van der Waals surface area (Å²) in [6, 6.07) is 1.65. The van der Waals surface area contributed by atoms with Gasteiger partial charge in [-0.15, -0.1) is 0 Å². The predicted octanol–water partition coefficient (Wildman–Crippen LogP) is 1.15. The van der Waals surface area contributed by atoms with E-state index in [1.165, 1.54) is 20.4 Å². The van der Waals surface area contributed by atoms with Crippen LogP contribution in [0, 0.1) is 0 Å². The summed E-state index contributed by atoms with van der Waals surface area (Å²) in [5, 5.41) is 0. The maximum absolute atomic E-state index is 11.8. The lowest BCUT2D eigenvalue weighted by Gasteiger charge is -2.32. The van der Waals surface area contributed by atoms with Crippen LogP contribution in [-0.2, 0) is 18.8 Å². The lowest BCUT2D eigenvalue weighted by Crippen LogP contribution is -2.41. The van der Waals surface area contributed by atoms with Crippen molar-refractivity contribution in [3.8, 4) is 5.75 Å². The van der Waals surface area contributed by atoms with Crippen molar-refractivity contribution in [2.75, 3.05) is 21.0 Å². The molecule has 0 unspecified atom stereocenters. The summed E-state index contributed by atoms with van der Waals surface area (Å²) in [5.41, 5.74) is -0.203. The van der Waals surface area contributed by atoms with Crippen LogP contribution in [0.4, 0.5) is 0 Å². The third kappa shape index (κ3) is 3.49. The van der Waals surface area contributed by atoms with Gasteiger partial charge < -0.3 is 23.5 Å². The van der Waals surface area contributed by atoms with Crippen LogP contribution >= 0.6 is 0 Å². The molecule has 126 valence electrons. The number of esters is 1. The number of nitrogens with zero attached hydrogens (tertiary/aromatic N) is 1. The minimum Gasteiger partial charge on any atom is -0.465 e. The second-order valence-corrected chi connectivity index (χ2v) is 6.25. The van der Waals surface area contributed by atoms with Crippen LogP contribution < -0.4 is 10.2 Å². The molecule has 2 heterocycles. The summed E-state index contributed by atoms with van der Waals surface area (Å²) < 4.78 is 26.9. The molecule has 0 spiro atoms. The standard InChI is InChI=1S/C15H22BNO6/c1-14(2)15(3,4)23-16(22-14)10-7-11(21-9-19-5)12(17-8-10)13(18)20-6/h7-8H,9H2,1-6H3. The van der Waals surface area contributed by atoms with Gasteiger partial charge in [0.15, 0.2) is 18.2 Å². The Bertz CT molecular complexity index is 573. The van der Waals surface area contributed by atoms with Gasteiger partial charge >= 0.3 is 13.1 Å². The number of pyridine rings is 1. The number of hydrogen-bond acceptors (Lipinski definition) is 7. The molecule has 8 heteroatoms. The Morgan fingerprint density at radius 1 is 1.22 bits per heavy atom. The highest BCUT2D eigenvalue weighted by Gasteiger charge is 2.52. The van der Waals surface area contributed by atoms with Crippen molar-refractivity contribution >= 4 is 18.6 Å². The van der Waals surface area contributed by atoms with E-state index in [2.05, 4.69) is 4.98 Å². The molecular weight excluding hydrogens is 301 g/mol. The zero-order valence-electron chi connectivity index (χ0n) is 14.3. The average Bonchev–Trinajstić information content (AvgIpc) is 2.72. The van der Waals surface area contributed by atoms with Crippen LogP contribution in [-0.4, -0.2) is 50.3 Å². The molecule has 0 N–H and O–H groups in total. The SMILES string of the molecule is COCOc1cc(B2OC(C)(C)C(C)(C)O2)cnc1C(=O)OC. The third-order valence-electron chi connectivity index (χ3n) is 4.11. The first-order valence-electron chi connectivity index (χ1n) is 7.27. The fourth-order valence-electron chi connectivity index (χ4n) is 2.05. The van der Waals surface area contributed by atoms with Gasteiger partial charge in [0.2, 0.25) is 0 Å². The fourth-order valence-corrected chi connectivity index (χ4v) is 2.05. The van der Waals surface area contributed by atoms with Crippen LogP contribution in [0.1, 0.15) is 38.2 Å². The fraction of sp³-hybridized carbons (Fsp3) is 0.600. The largest absolute Gasteiger partial charge is 0.496 e. The first kappa shape index (κ1) is 17.7. The highest BCUT2D eigenvalue weighted by Crippen LogP contribution is 2.36. The van der Waals surface area contributed by atoms with Crippen LogP contribution in [0.5, 0.6) is 5.75 Å². The molecule has 23 heavy (non-hydrogen) atoms. The first-order chi connectivity index (χ1) is 10.7. The predicted molar refractivity (Wildman–Crippen MR) is 83.8 cm³/mol. The maximum Gasteiger partial charge on any atom is 0.496 e. The van der Waals surface area contributed by atoms with E-state index < -0.39 is 24.3 Å². The highest BCUT2D eigenvalue weighted by molar-refractivity contribution is 6.62. The Hall–Kier alpha value is -1.64. The van der Waals surface area contributed by atoms with E-state index in [4.69, 9.17) is 23.5 Å². The van der Waals surface area contributed by atoms with E-state index in [0.29, 0.717) is 5.46 Å². The number of aromatic nitrogens is 1. The number of methoxy groups -OCH3 is 2. The summed E-state index contributed by atoms with van der Waals surface area (Å²) in [5.74, 6) is -0.331. The molecular formula is C15H22BNO6. The summed E-state index contributed by atoms with van der Waals surface area (Å²) >= 11 is 0. The Morgan fingerprint density at radius 3 is 2.35 bits per heavy atom. The molecule has 0 aromatic carbocycles. The molecule has 0 bridgehead atoms. The quantitative estimate of drug-likeness (QED) is 0.457. The lowest BCUT2D eigenvalue weighted by atomic mass is 9.80. The molecule has 0 saturated carbocycles. The number of carbonyl (C=O) groups excluding carboxylic acids is 1. The molecule has 7 nitrogen and oxygen atoms in total. The Kier molecular flexibility index (Phi) is 4.98. The van der Waals surface area contributed by atoms with Gasteiger partial charge in [-0.3, -0.25) is 0 Å². The smallest absolute Gasteiger partial charge is 0.465 e. The van der Waals surface area contributed by atoms with Crippen molar-refractivity contribution in [3.63, 3.8) is 0 Å². The van der Waals surface area contributed by atoms with Crippen molar-refractivity contribution in [3.05, 3.63) is 18.0 Å². The molecule has 1 aromatic rings. The van der Waals surface area contributed by atoms with Gasteiger partial charge in [0.05, 0.1) is 18.3 Å². The summed E-state index contributed by atoms with van der Waals surface area (Å²) in [6.07, 6.45) is 1.52. The minimum atomic E-state index is -0.593. The normalized spacial score (nSPS) is 18.8. The molecule has 1 saturated heterocycles. The van der Waals surface area contributed by atoms with Crippen molar-refractivity contribution in [1.82, 2.24) is 4.98 Å². The van der Waals surface area contributed by atoms with E-state index in [0.717, 1.165) is 0 Å². The second-order valence-electron chi connectivity index (χ2n) is 6.25. The van der Waals surface area contributed by atoms with E-state index in [1.807, 2.05) is 27.7 Å². The van der Waals surface area contributed by atoms with Crippen molar-refractivity contribution in [1.29, 1.82) is 0 Å². The number of ether oxygens (including phenoxy) is 3. The minimum absolute atomic E-state index is 0.0154. The number of rotatable bonds is 5. The van der Waals surface area contributed by atoms with Gasteiger partial charge in [-0.25, -0.2) is 9.78 Å². The molecule has 1 aliphatic rings.